The van der Waals surface area contributed by atoms with Gasteiger partial charge in [0.15, 0.2) is 0 Å². The molecule has 1 aliphatic heterocycles. The molecule has 0 saturated carbocycles. The van der Waals surface area contributed by atoms with Crippen molar-refractivity contribution in [3.8, 4) is 0 Å². The van der Waals surface area contributed by atoms with E-state index in [2.05, 4.69) is 18.8 Å². The van der Waals surface area contributed by atoms with Gasteiger partial charge in [0.05, 0.1) is 12.6 Å². The predicted octanol–water partition coefficient (Wildman–Crippen LogP) is 2.75. The van der Waals surface area contributed by atoms with Gasteiger partial charge in [-0.2, -0.15) is 0 Å². The van der Waals surface area contributed by atoms with Crippen molar-refractivity contribution in [1.82, 2.24) is 4.90 Å². The molecule has 1 atom stereocenters. The van der Waals surface area contributed by atoms with Crippen molar-refractivity contribution in [2.24, 2.45) is 10.4 Å². The third-order valence-corrected chi connectivity index (χ3v) is 3.19. The Bertz CT molecular complexity index is 379. The summed E-state index contributed by atoms with van der Waals surface area (Å²) in [5.41, 5.74) is -0.449. The van der Waals surface area contributed by atoms with E-state index < -0.39 is 5.60 Å². The first-order valence-corrected chi connectivity index (χ1v) is 6.68. The lowest BCUT2D eigenvalue weighted by Gasteiger charge is -2.43. The molecule has 1 aliphatic rings. The van der Waals surface area contributed by atoms with Crippen LogP contribution in [0.3, 0.4) is 0 Å². The van der Waals surface area contributed by atoms with Crippen LogP contribution < -0.4 is 0 Å². The number of isocyanates is 1. The van der Waals surface area contributed by atoms with Crippen molar-refractivity contribution in [1.29, 1.82) is 0 Å². The fraction of sp³-hybridized carbons (Fsp3) is 0.857. The lowest BCUT2D eigenvalue weighted by molar-refractivity contribution is -0.00586. The van der Waals surface area contributed by atoms with Crippen molar-refractivity contribution >= 4 is 12.2 Å². The molecule has 5 heteroatoms. The van der Waals surface area contributed by atoms with Gasteiger partial charge in [-0.05, 0) is 39.0 Å². The highest BCUT2D eigenvalue weighted by atomic mass is 16.6. The summed E-state index contributed by atoms with van der Waals surface area (Å²) in [4.78, 5) is 27.8. The lowest BCUT2D eigenvalue weighted by atomic mass is 9.81. The van der Waals surface area contributed by atoms with Gasteiger partial charge in [-0.25, -0.2) is 14.6 Å². The zero-order valence-corrected chi connectivity index (χ0v) is 12.5. The molecule has 0 aromatic rings. The molecule has 0 spiro atoms. The molecular formula is C14H24N2O3. The summed E-state index contributed by atoms with van der Waals surface area (Å²) in [6.07, 6.45) is 3.05. The Hall–Kier alpha value is -1.35. The van der Waals surface area contributed by atoms with Crippen LogP contribution in [0.2, 0.25) is 0 Å². The van der Waals surface area contributed by atoms with E-state index in [0.717, 1.165) is 12.8 Å². The number of carbonyl (C=O) groups excluding carboxylic acids is 2. The highest BCUT2D eigenvalue weighted by Gasteiger charge is 2.37. The molecule has 1 amide bonds. The van der Waals surface area contributed by atoms with E-state index in [-0.39, 0.29) is 17.6 Å². The maximum Gasteiger partial charge on any atom is 0.410 e. The second kappa shape index (κ2) is 5.74. The molecular weight excluding hydrogens is 244 g/mol. The quantitative estimate of drug-likeness (QED) is 0.571. The molecule has 19 heavy (non-hydrogen) atoms. The fourth-order valence-corrected chi connectivity index (χ4v) is 2.25. The van der Waals surface area contributed by atoms with E-state index in [9.17, 15) is 9.59 Å². The van der Waals surface area contributed by atoms with Crippen LogP contribution in [0.5, 0.6) is 0 Å². The van der Waals surface area contributed by atoms with Crippen molar-refractivity contribution in [3.05, 3.63) is 0 Å². The molecule has 5 nitrogen and oxygen atoms in total. The molecule has 0 radical (unpaired) electrons. The Kier molecular flexibility index (Phi) is 4.75. The molecule has 1 rings (SSSR count). The number of hydrogen-bond acceptors (Lipinski definition) is 4. The molecule has 1 unspecified atom stereocenters. The van der Waals surface area contributed by atoms with Gasteiger partial charge in [-0.15, -0.1) is 0 Å². The van der Waals surface area contributed by atoms with Gasteiger partial charge in [-0.1, -0.05) is 13.8 Å². The van der Waals surface area contributed by atoms with Crippen LogP contribution in [0.1, 0.15) is 47.5 Å². The van der Waals surface area contributed by atoms with Crippen molar-refractivity contribution < 1.29 is 14.3 Å². The zero-order valence-electron chi connectivity index (χ0n) is 12.5. The van der Waals surface area contributed by atoms with Gasteiger partial charge in [0.1, 0.15) is 5.60 Å². The van der Waals surface area contributed by atoms with Crippen LogP contribution in [0.25, 0.3) is 0 Å². The maximum absolute atomic E-state index is 12.2. The number of hydrogen-bond donors (Lipinski definition) is 0. The van der Waals surface area contributed by atoms with Crippen LogP contribution in [0, 0.1) is 5.41 Å². The van der Waals surface area contributed by atoms with Crippen molar-refractivity contribution in [3.63, 3.8) is 0 Å². The van der Waals surface area contributed by atoms with E-state index in [0.29, 0.717) is 13.1 Å². The van der Waals surface area contributed by atoms with Crippen molar-refractivity contribution in [2.75, 3.05) is 13.1 Å². The molecule has 0 aliphatic carbocycles. The number of carbonyl (C=O) groups is 1. The SMILES string of the molecule is CC1(C)CCC(CN=C=O)N(C(=O)OC(C)(C)C)C1. The van der Waals surface area contributed by atoms with Gasteiger partial charge >= 0.3 is 6.09 Å². The van der Waals surface area contributed by atoms with E-state index in [4.69, 9.17) is 4.74 Å². The minimum atomic E-state index is -0.517. The predicted molar refractivity (Wildman–Crippen MR) is 72.7 cm³/mol. The largest absolute Gasteiger partial charge is 0.444 e. The number of nitrogens with zero attached hydrogens (tertiary/aromatic N) is 2. The van der Waals surface area contributed by atoms with Gasteiger partial charge in [-0.3, -0.25) is 0 Å². The Labute approximate surface area is 115 Å². The molecule has 1 fully saturated rings. The topological polar surface area (TPSA) is 59.0 Å². The van der Waals surface area contributed by atoms with Crippen LogP contribution in [0.4, 0.5) is 4.79 Å². The Balaban J connectivity index is 2.81. The van der Waals surface area contributed by atoms with Gasteiger partial charge in [0, 0.05) is 6.54 Å². The second-order valence-electron chi connectivity index (χ2n) is 6.90. The van der Waals surface area contributed by atoms with Crippen LogP contribution in [0.15, 0.2) is 4.99 Å². The van der Waals surface area contributed by atoms with Crippen LogP contribution in [-0.2, 0) is 9.53 Å². The summed E-state index contributed by atoms with van der Waals surface area (Å²) < 4.78 is 5.43. The minimum absolute atomic E-state index is 0.0654. The highest BCUT2D eigenvalue weighted by molar-refractivity contribution is 5.69. The lowest BCUT2D eigenvalue weighted by Crippen LogP contribution is -2.52. The maximum atomic E-state index is 12.2. The summed E-state index contributed by atoms with van der Waals surface area (Å²) in [5, 5.41) is 0. The number of likely N-dealkylation sites (tertiary alicyclic amines) is 1. The Morgan fingerprint density at radius 1 is 1.47 bits per heavy atom. The van der Waals surface area contributed by atoms with E-state index >= 15 is 0 Å². The molecule has 1 heterocycles. The standard InChI is InChI=1S/C14H24N2O3/c1-13(2,3)19-12(18)16-9-14(4,5)7-6-11(16)8-15-10-17/h11H,6-9H2,1-5H3. The van der Waals surface area contributed by atoms with Crippen LogP contribution >= 0.6 is 0 Å². The number of ether oxygens (including phenoxy) is 1. The molecule has 0 aromatic heterocycles. The highest BCUT2D eigenvalue weighted by Crippen LogP contribution is 2.33. The summed E-state index contributed by atoms with van der Waals surface area (Å²) in [6.45, 7) is 10.7. The molecule has 108 valence electrons. The third kappa shape index (κ3) is 5.03. The monoisotopic (exact) mass is 268 g/mol. The first-order valence-electron chi connectivity index (χ1n) is 6.68. The van der Waals surface area contributed by atoms with Crippen molar-refractivity contribution in [2.45, 2.75) is 59.1 Å². The summed E-state index contributed by atoms with van der Waals surface area (Å²) >= 11 is 0. The first-order chi connectivity index (χ1) is 8.64. The Morgan fingerprint density at radius 2 is 2.11 bits per heavy atom. The summed E-state index contributed by atoms with van der Waals surface area (Å²) in [7, 11) is 0. The normalized spacial score (nSPS) is 22.6. The third-order valence-electron chi connectivity index (χ3n) is 3.19. The second-order valence-corrected chi connectivity index (χ2v) is 6.90. The van der Waals surface area contributed by atoms with Gasteiger partial charge in [0.25, 0.3) is 0 Å². The van der Waals surface area contributed by atoms with E-state index in [1.807, 2.05) is 20.8 Å². The number of aliphatic imine (C=N–C) groups is 1. The number of rotatable bonds is 2. The summed E-state index contributed by atoms with van der Waals surface area (Å²) in [5.74, 6) is 0. The van der Waals surface area contributed by atoms with Gasteiger partial charge in [0.2, 0.25) is 6.08 Å². The molecule has 0 bridgehead atoms. The number of piperidine rings is 1. The summed E-state index contributed by atoms with van der Waals surface area (Å²) in [6, 6.07) is -0.0654. The van der Waals surface area contributed by atoms with Crippen LogP contribution in [-0.4, -0.2) is 41.8 Å². The van der Waals surface area contributed by atoms with Gasteiger partial charge < -0.3 is 9.64 Å². The minimum Gasteiger partial charge on any atom is -0.444 e. The Morgan fingerprint density at radius 3 is 2.63 bits per heavy atom. The van der Waals surface area contributed by atoms with E-state index in [1.165, 1.54) is 6.08 Å². The smallest absolute Gasteiger partial charge is 0.410 e. The number of amides is 1. The fourth-order valence-electron chi connectivity index (χ4n) is 2.25. The first kappa shape index (κ1) is 15.7. The molecule has 0 aromatic carbocycles. The zero-order chi connectivity index (χ0) is 14.7. The average Bonchev–Trinajstić information content (AvgIpc) is 2.24. The van der Waals surface area contributed by atoms with E-state index in [1.54, 1.807) is 4.90 Å². The average molecular weight is 268 g/mol. The molecule has 1 saturated heterocycles. The molecule has 0 N–H and O–H groups in total.